The number of benzene rings is 1. The molecule has 0 aromatic heterocycles. The molecular weight excluding hydrogens is 244 g/mol. The molecule has 94 valence electrons. The first kappa shape index (κ1) is 13.6. The minimum atomic E-state index is -0.879. The van der Waals surface area contributed by atoms with Crippen LogP contribution in [0.1, 0.15) is 17.9 Å². The van der Waals surface area contributed by atoms with Crippen molar-refractivity contribution < 1.29 is 19.0 Å². The van der Waals surface area contributed by atoms with Gasteiger partial charge in [-0.05, 0) is 19.1 Å². The van der Waals surface area contributed by atoms with Gasteiger partial charge < -0.3 is 14.2 Å². The Morgan fingerprint density at radius 2 is 2.06 bits per heavy atom. The Morgan fingerprint density at radius 1 is 1.35 bits per heavy atom. The molecular formula is C12H15ClO4. The SMILES string of the molecule is CCOC(=O)C(Cl)c1ccc(OC)cc1OC. The van der Waals surface area contributed by atoms with Gasteiger partial charge in [0, 0.05) is 11.6 Å². The normalized spacial score (nSPS) is 11.8. The Morgan fingerprint density at radius 3 is 2.59 bits per heavy atom. The second-order valence-corrected chi connectivity index (χ2v) is 3.66. The number of hydrogen-bond acceptors (Lipinski definition) is 4. The van der Waals surface area contributed by atoms with Crippen LogP contribution in [0.5, 0.6) is 11.5 Å². The van der Waals surface area contributed by atoms with Crippen molar-refractivity contribution in [3.63, 3.8) is 0 Å². The van der Waals surface area contributed by atoms with Crippen molar-refractivity contribution in [1.29, 1.82) is 0 Å². The van der Waals surface area contributed by atoms with Gasteiger partial charge in [-0.2, -0.15) is 0 Å². The highest BCUT2D eigenvalue weighted by Crippen LogP contribution is 2.33. The summed E-state index contributed by atoms with van der Waals surface area (Å²) in [5, 5.41) is -0.879. The van der Waals surface area contributed by atoms with Gasteiger partial charge in [-0.3, -0.25) is 4.79 Å². The lowest BCUT2D eigenvalue weighted by Gasteiger charge is -2.13. The second-order valence-electron chi connectivity index (χ2n) is 3.22. The van der Waals surface area contributed by atoms with Crippen molar-refractivity contribution in [3.8, 4) is 11.5 Å². The lowest BCUT2D eigenvalue weighted by molar-refractivity contribution is -0.142. The number of carbonyl (C=O) groups is 1. The van der Waals surface area contributed by atoms with Crippen LogP contribution < -0.4 is 9.47 Å². The molecule has 0 saturated carbocycles. The zero-order valence-corrected chi connectivity index (χ0v) is 10.8. The fourth-order valence-electron chi connectivity index (χ4n) is 1.37. The van der Waals surface area contributed by atoms with Gasteiger partial charge in [-0.15, -0.1) is 11.6 Å². The first-order valence-electron chi connectivity index (χ1n) is 5.16. The van der Waals surface area contributed by atoms with Crippen LogP contribution in [0.15, 0.2) is 18.2 Å². The predicted molar refractivity (Wildman–Crippen MR) is 64.8 cm³/mol. The molecule has 0 amide bonds. The fraction of sp³-hybridized carbons (Fsp3) is 0.417. The number of ether oxygens (including phenoxy) is 3. The van der Waals surface area contributed by atoms with Gasteiger partial charge in [-0.1, -0.05) is 0 Å². The smallest absolute Gasteiger partial charge is 0.328 e. The monoisotopic (exact) mass is 258 g/mol. The highest BCUT2D eigenvalue weighted by atomic mass is 35.5. The molecule has 0 saturated heterocycles. The summed E-state index contributed by atoms with van der Waals surface area (Å²) >= 11 is 6.02. The maximum atomic E-state index is 11.5. The summed E-state index contributed by atoms with van der Waals surface area (Å²) in [6, 6.07) is 5.07. The van der Waals surface area contributed by atoms with Crippen LogP contribution in [0.2, 0.25) is 0 Å². The first-order chi connectivity index (χ1) is 8.13. The average Bonchev–Trinajstić information content (AvgIpc) is 2.37. The summed E-state index contributed by atoms with van der Waals surface area (Å²) in [5.41, 5.74) is 0.563. The van der Waals surface area contributed by atoms with Crippen LogP contribution >= 0.6 is 11.6 Å². The van der Waals surface area contributed by atoms with E-state index in [2.05, 4.69) is 0 Å². The Kier molecular flexibility index (Phi) is 5.10. The van der Waals surface area contributed by atoms with Crippen molar-refractivity contribution in [1.82, 2.24) is 0 Å². The fourth-order valence-corrected chi connectivity index (χ4v) is 1.61. The molecule has 0 bridgehead atoms. The molecule has 0 aliphatic carbocycles. The topological polar surface area (TPSA) is 44.8 Å². The van der Waals surface area contributed by atoms with E-state index in [1.807, 2.05) is 0 Å². The lowest BCUT2D eigenvalue weighted by atomic mass is 10.1. The van der Waals surface area contributed by atoms with Gasteiger partial charge in [-0.25, -0.2) is 0 Å². The van der Waals surface area contributed by atoms with E-state index < -0.39 is 11.3 Å². The molecule has 1 rings (SSSR count). The van der Waals surface area contributed by atoms with Gasteiger partial charge in [0.15, 0.2) is 5.38 Å². The quantitative estimate of drug-likeness (QED) is 0.601. The van der Waals surface area contributed by atoms with E-state index in [0.717, 1.165) is 0 Å². The third-order valence-electron chi connectivity index (χ3n) is 2.21. The van der Waals surface area contributed by atoms with Crippen LogP contribution in [0, 0.1) is 0 Å². The van der Waals surface area contributed by atoms with Gasteiger partial charge in [0.25, 0.3) is 0 Å². The lowest BCUT2D eigenvalue weighted by Crippen LogP contribution is -2.12. The van der Waals surface area contributed by atoms with Crippen LogP contribution in [0.25, 0.3) is 0 Å². The minimum Gasteiger partial charge on any atom is -0.497 e. The molecule has 0 heterocycles. The molecule has 1 unspecified atom stereocenters. The van der Waals surface area contributed by atoms with Crippen molar-refractivity contribution in [3.05, 3.63) is 23.8 Å². The largest absolute Gasteiger partial charge is 0.497 e. The van der Waals surface area contributed by atoms with E-state index in [1.54, 1.807) is 32.2 Å². The van der Waals surface area contributed by atoms with Crippen LogP contribution in [0.3, 0.4) is 0 Å². The molecule has 0 spiro atoms. The number of alkyl halides is 1. The van der Waals surface area contributed by atoms with E-state index in [1.165, 1.54) is 7.11 Å². The van der Waals surface area contributed by atoms with E-state index in [4.69, 9.17) is 25.8 Å². The molecule has 0 aliphatic rings. The highest BCUT2D eigenvalue weighted by molar-refractivity contribution is 6.30. The molecule has 5 heteroatoms. The number of carbonyl (C=O) groups excluding carboxylic acids is 1. The number of halogens is 1. The molecule has 17 heavy (non-hydrogen) atoms. The standard InChI is InChI=1S/C12H15ClO4/c1-4-17-12(14)11(13)9-6-5-8(15-2)7-10(9)16-3/h5-7,11H,4H2,1-3H3. The highest BCUT2D eigenvalue weighted by Gasteiger charge is 2.22. The number of rotatable bonds is 5. The first-order valence-corrected chi connectivity index (χ1v) is 5.60. The molecule has 1 aromatic carbocycles. The van der Waals surface area contributed by atoms with E-state index in [9.17, 15) is 4.79 Å². The molecule has 1 atom stereocenters. The average molecular weight is 259 g/mol. The predicted octanol–water partition coefficient (Wildman–Crippen LogP) is 2.55. The number of hydrogen-bond donors (Lipinski definition) is 0. The van der Waals surface area contributed by atoms with Gasteiger partial charge in [0.05, 0.1) is 20.8 Å². The molecule has 0 N–H and O–H groups in total. The Hall–Kier alpha value is -1.42. The summed E-state index contributed by atoms with van der Waals surface area (Å²) in [6.45, 7) is 2.02. The van der Waals surface area contributed by atoms with Crippen LogP contribution in [-0.4, -0.2) is 26.8 Å². The molecule has 0 aliphatic heterocycles. The third kappa shape index (κ3) is 3.27. The zero-order chi connectivity index (χ0) is 12.8. The maximum Gasteiger partial charge on any atom is 0.328 e. The summed E-state index contributed by atoms with van der Waals surface area (Å²) in [7, 11) is 3.06. The van der Waals surface area contributed by atoms with Gasteiger partial charge in [0.2, 0.25) is 0 Å². The third-order valence-corrected chi connectivity index (χ3v) is 2.62. The zero-order valence-electron chi connectivity index (χ0n) is 10.0. The Labute approximate surface area is 105 Å². The molecule has 1 aromatic rings. The van der Waals surface area contributed by atoms with Crippen molar-refractivity contribution in [2.45, 2.75) is 12.3 Å². The van der Waals surface area contributed by atoms with Crippen molar-refractivity contribution in [2.24, 2.45) is 0 Å². The summed E-state index contributed by atoms with van der Waals surface area (Å²) in [5.74, 6) is 0.647. The van der Waals surface area contributed by atoms with E-state index in [0.29, 0.717) is 23.7 Å². The molecule has 0 radical (unpaired) electrons. The summed E-state index contributed by atoms with van der Waals surface area (Å²) in [6.07, 6.45) is 0. The maximum absolute atomic E-state index is 11.5. The Bertz CT molecular complexity index is 392. The summed E-state index contributed by atoms with van der Waals surface area (Å²) < 4.78 is 15.1. The minimum absolute atomic E-state index is 0.292. The number of esters is 1. The van der Waals surface area contributed by atoms with Crippen LogP contribution in [0.4, 0.5) is 0 Å². The van der Waals surface area contributed by atoms with E-state index in [-0.39, 0.29) is 0 Å². The van der Waals surface area contributed by atoms with E-state index >= 15 is 0 Å². The van der Waals surface area contributed by atoms with Crippen LogP contribution in [-0.2, 0) is 9.53 Å². The van der Waals surface area contributed by atoms with Gasteiger partial charge in [0.1, 0.15) is 11.5 Å². The Balaban J connectivity index is 3.00. The van der Waals surface area contributed by atoms with Crippen molar-refractivity contribution >= 4 is 17.6 Å². The van der Waals surface area contributed by atoms with Crippen molar-refractivity contribution in [2.75, 3.05) is 20.8 Å². The van der Waals surface area contributed by atoms with Gasteiger partial charge >= 0.3 is 5.97 Å². The molecule has 4 nitrogen and oxygen atoms in total. The second kappa shape index (κ2) is 6.35. The summed E-state index contributed by atoms with van der Waals surface area (Å²) in [4.78, 5) is 11.5. The number of methoxy groups -OCH3 is 2. The molecule has 0 fully saturated rings.